The van der Waals surface area contributed by atoms with Crippen molar-refractivity contribution in [2.45, 2.75) is 24.0 Å². The van der Waals surface area contributed by atoms with Crippen molar-refractivity contribution < 1.29 is 36.3 Å². The van der Waals surface area contributed by atoms with Crippen molar-refractivity contribution in [2.24, 2.45) is 0 Å². The van der Waals surface area contributed by atoms with Gasteiger partial charge in [-0.15, -0.1) is 0 Å². The average Bonchev–Trinajstić information content (AvgIpc) is 3.32. The molecule has 3 aromatic carbocycles. The van der Waals surface area contributed by atoms with E-state index in [1.165, 1.54) is 58.3 Å². The minimum atomic E-state index is -4.47. The zero-order valence-corrected chi connectivity index (χ0v) is 21.7. The number of amides is 3. The topological polar surface area (TPSA) is 107 Å². The van der Waals surface area contributed by atoms with Crippen molar-refractivity contribution in [2.75, 3.05) is 35.2 Å². The molecule has 206 valence electrons. The largest absolute Gasteiger partial charge is 0.416 e. The van der Waals surface area contributed by atoms with Gasteiger partial charge in [0.1, 0.15) is 0 Å². The molecule has 3 aromatic rings. The minimum absolute atomic E-state index is 0.0430. The van der Waals surface area contributed by atoms with Gasteiger partial charge in [-0.2, -0.15) is 13.2 Å². The monoisotopic (exact) mass is 561 g/mol. The van der Waals surface area contributed by atoms with Crippen molar-refractivity contribution in [3.63, 3.8) is 0 Å². The Morgan fingerprint density at radius 2 is 1.44 bits per heavy atom. The number of carbonyl (C=O) groups is 2. The molecule has 12 heteroatoms. The number of sulfone groups is 1. The second-order valence-corrected chi connectivity index (χ2v) is 11.1. The third kappa shape index (κ3) is 6.07. The van der Waals surface area contributed by atoms with E-state index in [4.69, 9.17) is 0 Å². The van der Waals surface area contributed by atoms with Crippen molar-refractivity contribution in [1.82, 2.24) is 5.32 Å². The Labute approximate surface area is 223 Å². The van der Waals surface area contributed by atoms with Gasteiger partial charge >= 0.3 is 12.2 Å². The molecule has 1 heterocycles. The van der Waals surface area contributed by atoms with E-state index in [2.05, 4.69) is 5.32 Å². The number of alkyl halides is 3. The molecule has 1 aliphatic heterocycles. The Hall–Kier alpha value is -3.90. The summed E-state index contributed by atoms with van der Waals surface area (Å²) in [5.41, 5.74) is 0.866. The molecule has 1 saturated heterocycles. The lowest BCUT2D eigenvalue weighted by molar-refractivity contribution is -0.137. The summed E-state index contributed by atoms with van der Waals surface area (Å²) in [5.74, 6) is -0.525. The van der Waals surface area contributed by atoms with Crippen LogP contribution in [0.5, 0.6) is 0 Å². The molecular weight excluding hydrogens is 535 g/mol. The summed E-state index contributed by atoms with van der Waals surface area (Å²) < 4.78 is 62.5. The number of hydrogen-bond donors (Lipinski definition) is 2. The van der Waals surface area contributed by atoms with E-state index in [9.17, 15) is 36.3 Å². The number of nitrogens with zero attached hydrogens (tertiary/aromatic N) is 2. The molecule has 1 fully saturated rings. The number of carbonyl (C=O) groups excluding carboxylic acids is 2. The Bertz CT molecular complexity index is 1440. The van der Waals surface area contributed by atoms with E-state index >= 15 is 0 Å². The fourth-order valence-electron chi connectivity index (χ4n) is 4.19. The molecule has 3 amide bonds. The average molecular weight is 562 g/mol. The summed E-state index contributed by atoms with van der Waals surface area (Å²) in [7, 11) is -3.38. The Balaban J connectivity index is 1.41. The number of rotatable bonds is 8. The van der Waals surface area contributed by atoms with Crippen LogP contribution in [-0.2, 0) is 16.0 Å². The first-order valence-corrected chi connectivity index (χ1v) is 13.7. The molecule has 39 heavy (non-hydrogen) atoms. The fraction of sp³-hybridized carbons (Fsp3) is 0.259. The number of nitrogens with one attached hydrogen (secondary N) is 1. The number of urea groups is 1. The van der Waals surface area contributed by atoms with Gasteiger partial charge in [-0.3, -0.25) is 14.6 Å². The maximum absolute atomic E-state index is 12.9. The van der Waals surface area contributed by atoms with Gasteiger partial charge in [-0.1, -0.05) is 19.1 Å². The summed E-state index contributed by atoms with van der Waals surface area (Å²) >= 11 is 0. The quantitative estimate of drug-likeness (QED) is 0.424. The van der Waals surface area contributed by atoms with Gasteiger partial charge in [0.05, 0.1) is 28.9 Å². The molecule has 0 bridgehead atoms. The summed E-state index contributed by atoms with van der Waals surface area (Å²) in [6, 6.07) is 15.3. The second kappa shape index (κ2) is 11.1. The summed E-state index contributed by atoms with van der Waals surface area (Å²) in [6.45, 7) is 1.72. The molecule has 2 N–H and O–H groups in total. The van der Waals surface area contributed by atoms with Gasteiger partial charge in [-0.05, 0) is 66.2 Å². The maximum Gasteiger partial charge on any atom is 0.416 e. The highest BCUT2D eigenvalue weighted by Gasteiger charge is 2.33. The standard InChI is InChI=1S/C27H26F3N3O5S/c1-2-39(37,38)23-13-5-18(6-14-23)24(17-34)31-25(35)19-3-9-21(10-4-19)32-15-16-33(26(32)36)22-11-7-20(8-12-22)27(28,29)30/h3-14,24,34H,2,15-17H2,1H3,(H,31,35)/t24-/m0/s1. The fourth-order valence-corrected chi connectivity index (χ4v) is 5.07. The second-order valence-electron chi connectivity index (χ2n) is 8.86. The summed E-state index contributed by atoms with van der Waals surface area (Å²) in [5, 5.41) is 12.5. The predicted octanol–water partition coefficient (Wildman–Crippen LogP) is 4.41. The van der Waals surface area contributed by atoms with E-state index in [1.807, 2.05) is 0 Å². The van der Waals surface area contributed by atoms with Crippen LogP contribution in [0.1, 0.15) is 34.5 Å². The third-order valence-electron chi connectivity index (χ3n) is 6.47. The highest BCUT2D eigenvalue weighted by Crippen LogP contribution is 2.32. The molecule has 0 aromatic heterocycles. The predicted molar refractivity (Wildman–Crippen MR) is 139 cm³/mol. The van der Waals surface area contributed by atoms with Gasteiger partial charge in [0, 0.05) is 30.0 Å². The highest BCUT2D eigenvalue weighted by molar-refractivity contribution is 7.91. The molecule has 8 nitrogen and oxygen atoms in total. The van der Waals surface area contributed by atoms with Crippen LogP contribution in [0.25, 0.3) is 0 Å². The van der Waals surface area contributed by atoms with Gasteiger partial charge in [0.25, 0.3) is 5.91 Å². The smallest absolute Gasteiger partial charge is 0.394 e. The molecule has 0 saturated carbocycles. The first-order valence-electron chi connectivity index (χ1n) is 12.1. The van der Waals surface area contributed by atoms with Crippen LogP contribution in [-0.4, -0.2) is 50.9 Å². The first kappa shape index (κ1) is 28.1. The number of aliphatic hydroxyl groups is 1. The van der Waals surface area contributed by atoms with Gasteiger partial charge in [-0.25, -0.2) is 13.2 Å². The summed E-state index contributed by atoms with van der Waals surface area (Å²) in [4.78, 5) is 28.7. The minimum Gasteiger partial charge on any atom is -0.394 e. The lowest BCUT2D eigenvalue weighted by atomic mass is 10.1. The first-order chi connectivity index (χ1) is 18.4. The van der Waals surface area contributed by atoms with E-state index in [0.29, 0.717) is 23.5 Å². The van der Waals surface area contributed by atoms with E-state index < -0.39 is 46.2 Å². The number of hydrogen-bond acceptors (Lipinski definition) is 5. The number of halogens is 3. The van der Waals surface area contributed by atoms with E-state index in [0.717, 1.165) is 12.1 Å². The van der Waals surface area contributed by atoms with Gasteiger partial charge < -0.3 is 10.4 Å². The van der Waals surface area contributed by atoms with Crippen molar-refractivity contribution in [3.05, 3.63) is 89.5 Å². The molecule has 1 atom stereocenters. The molecule has 1 aliphatic rings. The van der Waals surface area contributed by atoms with E-state index in [1.54, 1.807) is 19.1 Å². The molecule has 0 aliphatic carbocycles. The number of benzene rings is 3. The number of aliphatic hydroxyl groups excluding tert-OH is 1. The van der Waals surface area contributed by atoms with Crippen LogP contribution >= 0.6 is 0 Å². The van der Waals surface area contributed by atoms with Crippen LogP contribution in [0.2, 0.25) is 0 Å². The Morgan fingerprint density at radius 3 is 1.90 bits per heavy atom. The van der Waals surface area contributed by atoms with Crippen molar-refractivity contribution in [3.8, 4) is 0 Å². The zero-order chi connectivity index (χ0) is 28.4. The highest BCUT2D eigenvalue weighted by atomic mass is 32.2. The van der Waals surface area contributed by atoms with Gasteiger partial charge in [0.2, 0.25) is 0 Å². The molecular formula is C27H26F3N3O5S. The Kier molecular flexibility index (Phi) is 7.98. The molecule has 0 unspecified atom stereocenters. The third-order valence-corrected chi connectivity index (χ3v) is 8.22. The lowest BCUT2D eigenvalue weighted by Crippen LogP contribution is -2.32. The van der Waals surface area contributed by atoms with E-state index in [-0.39, 0.29) is 22.8 Å². The maximum atomic E-state index is 12.9. The Morgan fingerprint density at radius 1 is 0.923 bits per heavy atom. The van der Waals surface area contributed by atoms with Crippen LogP contribution < -0.4 is 15.1 Å². The zero-order valence-electron chi connectivity index (χ0n) is 20.9. The molecule has 4 rings (SSSR count). The van der Waals surface area contributed by atoms with Gasteiger partial charge in [0.15, 0.2) is 9.84 Å². The lowest BCUT2D eigenvalue weighted by Gasteiger charge is -2.20. The summed E-state index contributed by atoms with van der Waals surface area (Å²) in [6.07, 6.45) is -4.47. The molecule has 0 radical (unpaired) electrons. The normalized spacial score (nSPS) is 14.9. The van der Waals surface area contributed by atoms with Crippen LogP contribution in [0, 0.1) is 0 Å². The van der Waals surface area contributed by atoms with Crippen molar-refractivity contribution in [1.29, 1.82) is 0 Å². The number of anilines is 2. The van der Waals surface area contributed by atoms with Crippen LogP contribution in [0.3, 0.4) is 0 Å². The van der Waals surface area contributed by atoms with Crippen LogP contribution in [0.4, 0.5) is 29.3 Å². The molecule has 0 spiro atoms. The van der Waals surface area contributed by atoms with Crippen LogP contribution in [0.15, 0.2) is 77.7 Å². The van der Waals surface area contributed by atoms with Crippen molar-refractivity contribution >= 4 is 33.2 Å². The SMILES string of the molecule is CCS(=O)(=O)c1ccc([C@H](CO)NC(=O)c2ccc(N3CCN(c4ccc(C(F)(F)F)cc4)C3=O)cc2)cc1.